The summed E-state index contributed by atoms with van der Waals surface area (Å²) in [5, 5.41) is 18.6. The van der Waals surface area contributed by atoms with Gasteiger partial charge in [-0.1, -0.05) is 79.0 Å². The number of rotatable bonds is 6. The van der Waals surface area contributed by atoms with E-state index in [4.69, 9.17) is 33.0 Å². The second-order valence-electron chi connectivity index (χ2n) is 12.4. The van der Waals surface area contributed by atoms with E-state index in [0.717, 1.165) is 18.4 Å². The molecule has 1 amide bonds. The van der Waals surface area contributed by atoms with Crippen LogP contribution in [0.3, 0.4) is 0 Å². The number of halogens is 3. The SMILES string of the molecule is CCCc1cccc(CN2[C@H]3COc4c5cc(C(=O)O)ccc5nn4[C@H]3[C@H](c3cccc(Cl)c3F)[C@]23C(=O)Nc2cc(Cl)ccc23)c1. The van der Waals surface area contributed by atoms with Gasteiger partial charge in [0, 0.05) is 28.7 Å². The number of aromatic nitrogens is 2. The Bertz CT molecular complexity index is 2120. The highest BCUT2D eigenvalue weighted by Crippen LogP contribution is 2.63. The fourth-order valence-corrected chi connectivity index (χ4v) is 8.33. The van der Waals surface area contributed by atoms with E-state index in [2.05, 4.69) is 29.3 Å². The van der Waals surface area contributed by atoms with Crippen molar-refractivity contribution in [3.8, 4) is 5.88 Å². The van der Waals surface area contributed by atoms with Crippen LogP contribution < -0.4 is 10.1 Å². The van der Waals surface area contributed by atoms with Gasteiger partial charge in [0.2, 0.25) is 11.8 Å². The summed E-state index contributed by atoms with van der Waals surface area (Å²) in [4.78, 5) is 28.8. The number of amides is 1. The van der Waals surface area contributed by atoms with Gasteiger partial charge in [-0.05, 0) is 59.5 Å². The average Bonchev–Trinajstić information content (AvgIpc) is 3.66. The summed E-state index contributed by atoms with van der Waals surface area (Å²) in [6, 6.07) is 22.1. The summed E-state index contributed by atoms with van der Waals surface area (Å²) in [6.45, 7) is 2.63. The number of anilines is 1. The Balaban J connectivity index is 1.42. The van der Waals surface area contributed by atoms with Gasteiger partial charge < -0.3 is 15.2 Å². The highest BCUT2D eigenvalue weighted by molar-refractivity contribution is 6.31. The lowest BCUT2D eigenvalue weighted by atomic mass is 9.73. The first-order valence-corrected chi connectivity index (χ1v) is 16.3. The second kappa shape index (κ2) is 11.1. The number of carboxylic acid groups (broad SMARTS) is 1. The van der Waals surface area contributed by atoms with Crippen LogP contribution in [0, 0.1) is 5.82 Å². The van der Waals surface area contributed by atoms with Crippen molar-refractivity contribution in [2.45, 2.75) is 49.9 Å². The minimum absolute atomic E-state index is 0.0568. The number of nitrogens with one attached hydrogen (secondary N) is 1. The maximum absolute atomic E-state index is 16.4. The molecule has 0 unspecified atom stereocenters. The molecular weight excluding hydrogens is 642 g/mol. The van der Waals surface area contributed by atoms with Crippen LogP contribution in [0.5, 0.6) is 5.88 Å². The Morgan fingerprint density at radius 3 is 2.70 bits per heavy atom. The predicted molar refractivity (Wildman–Crippen MR) is 177 cm³/mol. The number of likely N-dealkylation sites (tertiary alicyclic amines) is 1. The van der Waals surface area contributed by atoms with Crippen molar-refractivity contribution in [3.63, 3.8) is 0 Å². The fraction of sp³-hybridized carbons (Fsp3) is 0.250. The van der Waals surface area contributed by atoms with Crippen molar-refractivity contribution in [1.82, 2.24) is 14.7 Å². The molecule has 238 valence electrons. The molecule has 4 atom stereocenters. The number of carbonyl (C=O) groups is 2. The molecule has 0 saturated carbocycles. The third-order valence-electron chi connectivity index (χ3n) is 9.80. The van der Waals surface area contributed by atoms with Crippen LogP contribution in [0.15, 0.2) is 78.9 Å². The van der Waals surface area contributed by atoms with Gasteiger partial charge in [0.25, 0.3) is 0 Å². The smallest absolute Gasteiger partial charge is 0.335 e. The number of carboxylic acids is 1. The molecule has 11 heteroatoms. The van der Waals surface area contributed by atoms with Crippen LogP contribution in [0.1, 0.15) is 57.9 Å². The number of carbonyl (C=O) groups excluding carboxylic acids is 1. The molecule has 1 saturated heterocycles. The molecule has 1 fully saturated rings. The molecule has 8 nitrogen and oxygen atoms in total. The highest BCUT2D eigenvalue weighted by atomic mass is 35.5. The lowest BCUT2D eigenvalue weighted by molar-refractivity contribution is -0.128. The highest BCUT2D eigenvalue weighted by Gasteiger charge is 2.69. The minimum Gasteiger partial charge on any atom is -0.478 e. The lowest BCUT2D eigenvalue weighted by Crippen LogP contribution is -2.52. The molecule has 0 aliphatic carbocycles. The van der Waals surface area contributed by atoms with Crippen molar-refractivity contribution in [2.75, 3.05) is 11.9 Å². The summed E-state index contributed by atoms with van der Waals surface area (Å²) >= 11 is 12.9. The van der Waals surface area contributed by atoms with E-state index in [9.17, 15) is 14.7 Å². The molecule has 3 aliphatic rings. The zero-order valence-corrected chi connectivity index (χ0v) is 26.7. The number of aryl methyl sites for hydroxylation is 1. The van der Waals surface area contributed by atoms with E-state index in [1.54, 1.807) is 35.0 Å². The average molecular weight is 672 g/mol. The third-order valence-corrected chi connectivity index (χ3v) is 10.3. The first kappa shape index (κ1) is 29.9. The summed E-state index contributed by atoms with van der Waals surface area (Å²) in [6.07, 6.45) is 1.90. The van der Waals surface area contributed by atoms with Gasteiger partial charge in [0.05, 0.1) is 33.6 Å². The van der Waals surface area contributed by atoms with Crippen molar-refractivity contribution >= 4 is 51.7 Å². The Labute approximate surface area is 279 Å². The van der Waals surface area contributed by atoms with Crippen LogP contribution in [0.25, 0.3) is 10.9 Å². The van der Waals surface area contributed by atoms with Gasteiger partial charge in [-0.15, -0.1) is 0 Å². The number of nitrogens with zero attached hydrogens (tertiary/aromatic N) is 3. The fourth-order valence-electron chi connectivity index (χ4n) is 7.98. The number of fused-ring (bicyclic) bond motifs is 7. The van der Waals surface area contributed by atoms with Crippen LogP contribution in [0.4, 0.5) is 10.1 Å². The van der Waals surface area contributed by atoms with Crippen molar-refractivity contribution < 1.29 is 23.8 Å². The monoisotopic (exact) mass is 670 g/mol. The van der Waals surface area contributed by atoms with Crippen LogP contribution in [-0.2, 0) is 23.3 Å². The van der Waals surface area contributed by atoms with E-state index in [-0.39, 0.29) is 28.7 Å². The van der Waals surface area contributed by atoms with Crippen molar-refractivity contribution in [3.05, 3.63) is 123 Å². The number of hydrogen-bond acceptors (Lipinski definition) is 5. The molecule has 4 aromatic carbocycles. The van der Waals surface area contributed by atoms with Crippen LogP contribution in [0.2, 0.25) is 10.0 Å². The summed E-state index contributed by atoms with van der Waals surface area (Å²) < 4.78 is 24.5. The van der Waals surface area contributed by atoms with Gasteiger partial charge in [0.15, 0.2) is 0 Å². The van der Waals surface area contributed by atoms with E-state index in [1.165, 1.54) is 23.8 Å². The lowest BCUT2D eigenvalue weighted by Gasteiger charge is -2.39. The maximum Gasteiger partial charge on any atom is 0.335 e. The first-order chi connectivity index (χ1) is 22.7. The van der Waals surface area contributed by atoms with Crippen LogP contribution in [-0.4, -0.2) is 44.3 Å². The van der Waals surface area contributed by atoms with E-state index >= 15 is 4.39 Å². The molecule has 3 aliphatic heterocycles. The summed E-state index contributed by atoms with van der Waals surface area (Å²) in [5.41, 5.74) is 2.87. The Hall–Kier alpha value is -4.44. The molecule has 1 aromatic heterocycles. The normalized spacial score (nSPS) is 23.0. The largest absolute Gasteiger partial charge is 0.478 e. The number of benzene rings is 4. The van der Waals surface area contributed by atoms with Gasteiger partial charge in [0.1, 0.15) is 18.0 Å². The van der Waals surface area contributed by atoms with E-state index < -0.39 is 35.3 Å². The van der Waals surface area contributed by atoms with E-state index in [1.807, 2.05) is 18.2 Å². The topological polar surface area (TPSA) is 96.7 Å². The van der Waals surface area contributed by atoms with Gasteiger partial charge in [-0.3, -0.25) is 9.69 Å². The quantitative estimate of drug-likeness (QED) is 0.193. The number of hydrogen-bond donors (Lipinski definition) is 2. The molecule has 47 heavy (non-hydrogen) atoms. The molecule has 5 aromatic rings. The first-order valence-electron chi connectivity index (χ1n) is 15.5. The zero-order valence-electron chi connectivity index (χ0n) is 25.2. The molecule has 8 rings (SSSR count). The molecular formula is C36H29Cl2FN4O4. The molecule has 4 heterocycles. The standard InChI is InChI=1S/C36H29Cl2FN4O4/c1-2-5-19-6-3-7-20(14-19)17-42-29-18-47-33-24-15-21(34(44)45)10-13-27(24)41-43(33)32(29)30(23-8-4-9-26(38)31(23)39)36(42)25-12-11-22(37)16-28(25)40-35(36)46/h3-4,6-16,29-30,32H,2,5,17-18H2,1H3,(H,40,46)(H,44,45)/t29-,30-,32+,36+/m0/s1. The molecule has 0 radical (unpaired) electrons. The number of ether oxygens (including phenoxy) is 1. The number of aromatic carboxylic acids is 1. The third kappa shape index (κ3) is 4.40. The van der Waals surface area contributed by atoms with Gasteiger partial charge in [-0.2, -0.15) is 5.10 Å². The Morgan fingerprint density at radius 2 is 1.89 bits per heavy atom. The van der Waals surface area contributed by atoms with Gasteiger partial charge >= 0.3 is 5.97 Å². The minimum atomic E-state index is -1.42. The summed E-state index contributed by atoms with van der Waals surface area (Å²) in [7, 11) is 0. The van der Waals surface area contributed by atoms with Crippen LogP contribution >= 0.6 is 23.2 Å². The maximum atomic E-state index is 16.4. The Kier molecular flexibility index (Phi) is 7.05. The zero-order chi connectivity index (χ0) is 32.6. The molecule has 2 N–H and O–H groups in total. The van der Waals surface area contributed by atoms with Crippen molar-refractivity contribution in [1.29, 1.82) is 0 Å². The Morgan fingerprint density at radius 1 is 1.09 bits per heavy atom. The van der Waals surface area contributed by atoms with E-state index in [0.29, 0.717) is 39.6 Å². The van der Waals surface area contributed by atoms with Gasteiger partial charge in [-0.25, -0.2) is 13.9 Å². The second-order valence-corrected chi connectivity index (χ2v) is 13.2. The van der Waals surface area contributed by atoms with Crippen molar-refractivity contribution in [2.24, 2.45) is 0 Å². The summed E-state index contributed by atoms with van der Waals surface area (Å²) in [5.74, 6) is -2.47. The molecule has 0 bridgehead atoms. The predicted octanol–water partition coefficient (Wildman–Crippen LogP) is 7.58. The molecule has 1 spiro atoms.